The summed E-state index contributed by atoms with van der Waals surface area (Å²) in [4.78, 5) is 2.40. The van der Waals surface area contributed by atoms with E-state index >= 15 is 0 Å². The Balaban J connectivity index is 1.62. The quantitative estimate of drug-likeness (QED) is 0.741. The summed E-state index contributed by atoms with van der Waals surface area (Å²) in [6, 6.07) is 7.49. The molecule has 0 atom stereocenters. The van der Waals surface area contributed by atoms with Crippen molar-refractivity contribution in [3.63, 3.8) is 0 Å². The molecule has 1 aliphatic rings. The van der Waals surface area contributed by atoms with Crippen molar-refractivity contribution < 1.29 is 4.39 Å². The van der Waals surface area contributed by atoms with Crippen LogP contribution in [0.1, 0.15) is 18.4 Å². The van der Waals surface area contributed by atoms with E-state index in [9.17, 15) is 4.39 Å². The number of nitrogens with one attached hydrogen (secondary N) is 1. The van der Waals surface area contributed by atoms with E-state index in [4.69, 9.17) is 0 Å². The Morgan fingerprint density at radius 1 is 1.31 bits per heavy atom. The maximum Gasteiger partial charge on any atom is 0.123 e. The van der Waals surface area contributed by atoms with Crippen LogP contribution in [0.25, 0.3) is 0 Å². The summed E-state index contributed by atoms with van der Waals surface area (Å²) in [5.74, 6) is -0.169. The van der Waals surface area contributed by atoms with Gasteiger partial charge in [-0.1, -0.05) is 12.1 Å². The predicted molar refractivity (Wildman–Crippen MR) is 63.8 cm³/mol. The van der Waals surface area contributed by atoms with Crippen LogP contribution in [-0.4, -0.2) is 31.1 Å². The number of hydrogen-bond acceptors (Lipinski definition) is 2. The van der Waals surface area contributed by atoms with E-state index in [-0.39, 0.29) is 5.82 Å². The molecular weight excluding hydrogens is 203 g/mol. The van der Waals surface area contributed by atoms with Crippen LogP contribution in [0.15, 0.2) is 24.3 Å². The maximum atomic E-state index is 12.6. The average Bonchev–Trinajstić information content (AvgIpc) is 3.10. The van der Waals surface area contributed by atoms with Gasteiger partial charge in [0.2, 0.25) is 0 Å². The molecule has 2 nitrogen and oxygen atoms in total. The zero-order valence-electron chi connectivity index (χ0n) is 9.75. The summed E-state index contributed by atoms with van der Waals surface area (Å²) >= 11 is 0. The van der Waals surface area contributed by atoms with Crippen molar-refractivity contribution in [1.82, 2.24) is 10.2 Å². The fourth-order valence-corrected chi connectivity index (χ4v) is 1.79. The van der Waals surface area contributed by atoms with Gasteiger partial charge in [-0.3, -0.25) is 0 Å². The lowest BCUT2D eigenvalue weighted by Crippen LogP contribution is -2.30. The lowest BCUT2D eigenvalue weighted by Gasteiger charge is -2.15. The molecule has 3 heteroatoms. The highest BCUT2D eigenvalue weighted by atomic mass is 19.1. The fraction of sp³-hybridized carbons (Fsp3) is 0.538. The van der Waals surface area contributed by atoms with Crippen LogP contribution in [0.3, 0.4) is 0 Å². The fourth-order valence-electron chi connectivity index (χ4n) is 1.79. The van der Waals surface area contributed by atoms with Crippen molar-refractivity contribution in [2.75, 3.05) is 20.1 Å². The zero-order chi connectivity index (χ0) is 11.4. The van der Waals surface area contributed by atoms with Crippen molar-refractivity contribution >= 4 is 0 Å². The summed E-state index contributed by atoms with van der Waals surface area (Å²) < 4.78 is 12.6. The van der Waals surface area contributed by atoms with Gasteiger partial charge in [-0.25, -0.2) is 4.39 Å². The number of benzene rings is 1. The molecule has 0 amide bonds. The van der Waals surface area contributed by atoms with Crippen molar-refractivity contribution in [3.05, 3.63) is 35.6 Å². The van der Waals surface area contributed by atoms with Gasteiger partial charge in [0.1, 0.15) is 5.82 Å². The van der Waals surface area contributed by atoms with E-state index in [0.29, 0.717) is 0 Å². The number of rotatable bonds is 6. The molecule has 0 radical (unpaired) electrons. The van der Waals surface area contributed by atoms with Gasteiger partial charge >= 0.3 is 0 Å². The molecule has 0 saturated heterocycles. The minimum Gasteiger partial charge on any atom is -0.311 e. The second-order valence-corrected chi connectivity index (χ2v) is 4.52. The SMILES string of the molecule is CN(CCNCc1ccc(F)cc1)C1CC1. The molecule has 1 fully saturated rings. The summed E-state index contributed by atoms with van der Waals surface area (Å²) in [7, 11) is 2.18. The minimum absolute atomic E-state index is 0.169. The Morgan fingerprint density at radius 3 is 2.62 bits per heavy atom. The first-order valence-corrected chi connectivity index (χ1v) is 5.91. The molecule has 1 saturated carbocycles. The third-order valence-electron chi connectivity index (χ3n) is 3.05. The van der Waals surface area contributed by atoms with Crippen LogP contribution in [0, 0.1) is 5.82 Å². The standard InChI is InChI=1S/C13H19FN2/c1-16(13-6-7-13)9-8-15-10-11-2-4-12(14)5-3-11/h2-5,13,15H,6-10H2,1H3. The highest BCUT2D eigenvalue weighted by Gasteiger charge is 2.25. The third-order valence-corrected chi connectivity index (χ3v) is 3.05. The topological polar surface area (TPSA) is 15.3 Å². The largest absolute Gasteiger partial charge is 0.311 e. The molecular formula is C13H19FN2. The molecule has 0 heterocycles. The van der Waals surface area contributed by atoms with Crippen LogP contribution < -0.4 is 5.32 Å². The predicted octanol–water partition coefficient (Wildman–Crippen LogP) is 2.01. The number of likely N-dealkylation sites (N-methyl/N-ethyl adjacent to an activating group) is 1. The summed E-state index contributed by atoms with van der Waals surface area (Å²) in [6.45, 7) is 2.90. The van der Waals surface area contributed by atoms with Crippen LogP contribution in [-0.2, 0) is 6.54 Å². The van der Waals surface area contributed by atoms with Crippen LogP contribution in [0.5, 0.6) is 0 Å². The van der Waals surface area contributed by atoms with E-state index in [1.54, 1.807) is 0 Å². The van der Waals surface area contributed by atoms with Crippen LogP contribution in [0.4, 0.5) is 4.39 Å². The first-order valence-electron chi connectivity index (χ1n) is 5.91. The Morgan fingerprint density at radius 2 is 2.00 bits per heavy atom. The molecule has 1 aliphatic carbocycles. The van der Waals surface area contributed by atoms with Gasteiger partial charge in [0.25, 0.3) is 0 Å². The Bertz CT molecular complexity index is 319. The second kappa shape index (κ2) is 5.41. The smallest absolute Gasteiger partial charge is 0.123 e. The molecule has 1 aromatic carbocycles. The minimum atomic E-state index is -0.169. The van der Waals surface area contributed by atoms with Crippen molar-refractivity contribution in [2.24, 2.45) is 0 Å². The molecule has 0 spiro atoms. The third kappa shape index (κ3) is 3.58. The van der Waals surface area contributed by atoms with E-state index < -0.39 is 0 Å². The van der Waals surface area contributed by atoms with Gasteiger partial charge in [0, 0.05) is 25.7 Å². The van der Waals surface area contributed by atoms with E-state index in [1.165, 1.54) is 25.0 Å². The van der Waals surface area contributed by atoms with Gasteiger partial charge in [-0.2, -0.15) is 0 Å². The molecule has 0 bridgehead atoms. The second-order valence-electron chi connectivity index (χ2n) is 4.52. The molecule has 0 aromatic heterocycles. The summed E-state index contributed by atoms with van der Waals surface area (Å²) in [6.07, 6.45) is 2.71. The zero-order valence-corrected chi connectivity index (χ0v) is 9.75. The van der Waals surface area contributed by atoms with Crippen LogP contribution in [0.2, 0.25) is 0 Å². The Labute approximate surface area is 96.5 Å². The van der Waals surface area contributed by atoms with Gasteiger partial charge in [-0.05, 0) is 37.6 Å². The number of nitrogens with zero attached hydrogens (tertiary/aromatic N) is 1. The highest BCUT2D eigenvalue weighted by molar-refractivity contribution is 5.15. The molecule has 1 aromatic rings. The van der Waals surface area contributed by atoms with E-state index in [1.807, 2.05) is 12.1 Å². The maximum absolute atomic E-state index is 12.6. The van der Waals surface area contributed by atoms with Crippen LogP contribution >= 0.6 is 0 Å². The number of halogens is 1. The first kappa shape index (κ1) is 11.6. The lowest BCUT2D eigenvalue weighted by molar-refractivity contribution is 0.321. The number of hydrogen-bond donors (Lipinski definition) is 1. The Hall–Kier alpha value is -0.930. The molecule has 1 N–H and O–H groups in total. The molecule has 88 valence electrons. The van der Waals surface area contributed by atoms with Gasteiger partial charge in [0.15, 0.2) is 0 Å². The molecule has 0 unspecified atom stereocenters. The average molecular weight is 222 g/mol. The lowest BCUT2D eigenvalue weighted by atomic mass is 10.2. The molecule has 2 rings (SSSR count). The molecule has 16 heavy (non-hydrogen) atoms. The van der Waals surface area contributed by atoms with Crippen molar-refractivity contribution in [3.8, 4) is 0 Å². The van der Waals surface area contributed by atoms with Crippen molar-refractivity contribution in [2.45, 2.75) is 25.4 Å². The van der Waals surface area contributed by atoms with E-state index in [0.717, 1.165) is 31.2 Å². The normalized spacial score (nSPS) is 15.7. The molecule has 0 aliphatic heterocycles. The van der Waals surface area contributed by atoms with Gasteiger partial charge in [0.05, 0.1) is 0 Å². The Kier molecular flexibility index (Phi) is 3.91. The summed E-state index contributed by atoms with van der Waals surface area (Å²) in [5, 5.41) is 3.37. The van der Waals surface area contributed by atoms with Crippen molar-refractivity contribution in [1.29, 1.82) is 0 Å². The van der Waals surface area contributed by atoms with Gasteiger partial charge in [-0.15, -0.1) is 0 Å². The van der Waals surface area contributed by atoms with E-state index in [2.05, 4.69) is 17.3 Å². The summed E-state index contributed by atoms with van der Waals surface area (Å²) in [5.41, 5.74) is 1.13. The first-order chi connectivity index (χ1) is 7.75. The highest BCUT2D eigenvalue weighted by Crippen LogP contribution is 2.24. The van der Waals surface area contributed by atoms with Gasteiger partial charge < -0.3 is 10.2 Å². The monoisotopic (exact) mass is 222 g/mol.